The second kappa shape index (κ2) is 5.42. The van der Waals surface area contributed by atoms with Gasteiger partial charge in [-0.2, -0.15) is 13.2 Å². The number of alkyl halides is 3. The number of carbonyl (C=O) groups excluding carboxylic acids is 1. The molecule has 1 nitrogen and oxygen atoms in total. The standard InChI is InChI=1S/C8H8O.C2H3F3/c1-7(9)8-5-3-2-4-6-8;1-2(3,4)5/h2-6H,1H3;1H3. The maximum Gasteiger partial charge on any atom is 0.386 e. The molecule has 14 heavy (non-hydrogen) atoms. The molecule has 0 spiro atoms. The Kier molecular flexibility index (Phi) is 4.91. The highest BCUT2D eigenvalue weighted by atomic mass is 19.4. The van der Waals surface area contributed by atoms with Gasteiger partial charge in [0.05, 0.1) is 0 Å². The van der Waals surface area contributed by atoms with Crippen molar-refractivity contribution in [1.29, 1.82) is 0 Å². The van der Waals surface area contributed by atoms with Crippen molar-refractivity contribution in [3.63, 3.8) is 0 Å². The third kappa shape index (κ3) is 8.77. The van der Waals surface area contributed by atoms with Gasteiger partial charge in [-0.3, -0.25) is 4.79 Å². The largest absolute Gasteiger partial charge is 0.386 e. The fourth-order valence-electron chi connectivity index (χ4n) is 0.673. The zero-order chi connectivity index (χ0) is 11.2. The van der Waals surface area contributed by atoms with E-state index in [1.165, 1.54) is 0 Å². The summed E-state index contributed by atoms with van der Waals surface area (Å²) in [5.74, 6) is 0.121. The minimum Gasteiger partial charge on any atom is -0.295 e. The van der Waals surface area contributed by atoms with Crippen LogP contribution in [0.5, 0.6) is 0 Å². The molecule has 0 unspecified atom stereocenters. The van der Waals surface area contributed by atoms with Crippen LogP contribution in [0.1, 0.15) is 24.2 Å². The van der Waals surface area contributed by atoms with Crippen LogP contribution in [-0.4, -0.2) is 12.0 Å². The highest BCUT2D eigenvalue weighted by molar-refractivity contribution is 5.93. The van der Waals surface area contributed by atoms with Crippen LogP contribution >= 0.6 is 0 Å². The summed E-state index contributed by atoms with van der Waals surface area (Å²) in [6.07, 6.45) is -4.00. The van der Waals surface area contributed by atoms with Gasteiger partial charge in [0.2, 0.25) is 0 Å². The molecular weight excluding hydrogens is 193 g/mol. The normalized spacial score (nSPS) is 10.1. The highest BCUT2D eigenvalue weighted by Gasteiger charge is 2.15. The van der Waals surface area contributed by atoms with Crippen LogP contribution in [0.15, 0.2) is 30.3 Å². The van der Waals surface area contributed by atoms with Crippen LogP contribution in [0, 0.1) is 0 Å². The quantitative estimate of drug-likeness (QED) is 0.640. The first-order valence-corrected chi connectivity index (χ1v) is 3.93. The van der Waals surface area contributed by atoms with E-state index in [4.69, 9.17) is 0 Å². The lowest BCUT2D eigenvalue weighted by Crippen LogP contribution is -1.95. The Labute approximate surface area is 80.6 Å². The van der Waals surface area contributed by atoms with Crippen LogP contribution in [0.4, 0.5) is 13.2 Å². The molecule has 0 saturated heterocycles. The lowest BCUT2D eigenvalue weighted by Gasteiger charge is -1.89. The van der Waals surface area contributed by atoms with E-state index in [2.05, 4.69) is 0 Å². The molecule has 1 aromatic rings. The maximum atomic E-state index is 10.6. The fourth-order valence-corrected chi connectivity index (χ4v) is 0.673. The van der Waals surface area contributed by atoms with Gasteiger partial charge in [-0.05, 0) is 6.92 Å². The Morgan fingerprint density at radius 3 is 1.71 bits per heavy atom. The molecular formula is C10H11F3O. The summed E-state index contributed by atoms with van der Waals surface area (Å²) in [6, 6.07) is 9.23. The molecule has 0 N–H and O–H groups in total. The summed E-state index contributed by atoms with van der Waals surface area (Å²) in [6.45, 7) is 1.75. The van der Waals surface area contributed by atoms with Gasteiger partial charge in [-0.15, -0.1) is 0 Å². The second-order valence-electron chi connectivity index (χ2n) is 2.70. The van der Waals surface area contributed by atoms with E-state index in [0.29, 0.717) is 0 Å². The predicted molar refractivity (Wildman–Crippen MR) is 48.2 cm³/mol. The highest BCUT2D eigenvalue weighted by Crippen LogP contribution is 2.10. The van der Waals surface area contributed by atoms with Crippen LogP contribution in [0.25, 0.3) is 0 Å². The number of Topliss-reactive ketones (excluding diaryl/α,β-unsaturated/α-hetero) is 1. The van der Waals surface area contributed by atoms with Gasteiger partial charge in [0, 0.05) is 12.5 Å². The van der Waals surface area contributed by atoms with E-state index in [-0.39, 0.29) is 12.7 Å². The molecule has 0 fully saturated rings. The van der Waals surface area contributed by atoms with Crippen molar-refractivity contribution in [2.75, 3.05) is 0 Å². The second-order valence-corrected chi connectivity index (χ2v) is 2.70. The van der Waals surface area contributed by atoms with Crippen LogP contribution in [-0.2, 0) is 0 Å². The van der Waals surface area contributed by atoms with Gasteiger partial charge >= 0.3 is 6.18 Å². The van der Waals surface area contributed by atoms with Crippen molar-refractivity contribution in [2.24, 2.45) is 0 Å². The number of halogens is 3. The first-order chi connectivity index (χ1) is 6.30. The molecule has 1 aromatic carbocycles. The van der Waals surface area contributed by atoms with Crippen molar-refractivity contribution in [1.82, 2.24) is 0 Å². The summed E-state index contributed by atoms with van der Waals surface area (Å²) in [4.78, 5) is 10.6. The summed E-state index contributed by atoms with van der Waals surface area (Å²) in [5.41, 5.74) is 0.775. The smallest absolute Gasteiger partial charge is 0.295 e. The minimum atomic E-state index is -4.00. The average Bonchev–Trinajstić information content (AvgIpc) is 2.03. The topological polar surface area (TPSA) is 17.1 Å². The van der Waals surface area contributed by atoms with Crippen molar-refractivity contribution < 1.29 is 18.0 Å². The van der Waals surface area contributed by atoms with E-state index in [1.54, 1.807) is 6.92 Å². The van der Waals surface area contributed by atoms with E-state index < -0.39 is 6.18 Å². The zero-order valence-electron chi connectivity index (χ0n) is 7.93. The van der Waals surface area contributed by atoms with Gasteiger partial charge in [0.25, 0.3) is 0 Å². The van der Waals surface area contributed by atoms with Crippen molar-refractivity contribution >= 4 is 5.78 Å². The lowest BCUT2D eigenvalue weighted by molar-refractivity contribution is -0.110. The molecule has 0 aliphatic carbocycles. The molecule has 78 valence electrons. The molecule has 1 rings (SSSR count). The Morgan fingerprint density at radius 2 is 1.50 bits per heavy atom. The summed E-state index contributed by atoms with van der Waals surface area (Å²) in [5, 5.41) is 0. The van der Waals surface area contributed by atoms with Crippen molar-refractivity contribution in [2.45, 2.75) is 20.0 Å². The third-order valence-electron chi connectivity index (χ3n) is 1.18. The zero-order valence-corrected chi connectivity index (χ0v) is 7.93. The Morgan fingerprint density at radius 1 is 1.14 bits per heavy atom. The molecule has 0 aliphatic rings. The molecule has 0 amide bonds. The van der Waals surface area contributed by atoms with Crippen molar-refractivity contribution in [3.05, 3.63) is 35.9 Å². The lowest BCUT2D eigenvalue weighted by atomic mass is 10.2. The molecule has 0 heterocycles. The molecule has 0 aliphatic heterocycles. The first kappa shape index (κ1) is 12.7. The number of hydrogen-bond acceptors (Lipinski definition) is 1. The molecule has 0 bridgehead atoms. The van der Waals surface area contributed by atoms with Crippen LogP contribution in [0.2, 0.25) is 0 Å². The molecule has 0 atom stereocenters. The molecule has 0 aromatic heterocycles. The molecule has 0 saturated carbocycles. The van der Waals surface area contributed by atoms with E-state index in [1.807, 2.05) is 30.3 Å². The van der Waals surface area contributed by atoms with Gasteiger partial charge < -0.3 is 0 Å². The van der Waals surface area contributed by atoms with Gasteiger partial charge in [-0.1, -0.05) is 30.3 Å². The first-order valence-electron chi connectivity index (χ1n) is 3.93. The van der Waals surface area contributed by atoms with Crippen LogP contribution < -0.4 is 0 Å². The number of benzene rings is 1. The van der Waals surface area contributed by atoms with E-state index in [0.717, 1.165) is 5.56 Å². The number of rotatable bonds is 1. The van der Waals surface area contributed by atoms with E-state index >= 15 is 0 Å². The summed E-state index contributed by atoms with van der Waals surface area (Å²) in [7, 11) is 0. The Bertz CT molecular complexity index is 271. The van der Waals surface area contributed by atoms with Gasteiger partial charge in [0.1, 0.15) is 0 Å². The molecule has 4 heteroatoms. The maximum absolute atomic E-state index is 10.6. The van der Waals surface area contributed by atoms with Gasteiger partial charge in [0.15, 0.2) is 5.78 Å². The molecule has 0 radical (unpaired) electrons. The van der Waals surface area contributed by atoms with E-state index in [9.17, 15) is 18.0 Å². The number of hydrogen-bond donors (Lipinski definition) is 0. The van der Waals surface area contributed by atoms with Gasteiger partial charge in [-0.25, -0.2) is 0 Å². The average molecular weight is 204 g/mol. The number of carbonyl (C=O) groups is 1. The number of ketones is 1. The van der Waals surface area contributed by atoms with Crippen molar-refractivity contribution in [3.8, 4) is 0 Å². The van der Waals surface area contributed by atoms with Crippen LogP contribution in [0.3, 0.4) is 0 Å². The fraction of sp³-hybridized carbons (Fsp3) is 0.300. The Balaban J connectivity index is 0.000000292. The minimum absolute atomic E-state index is 0.121. The predicted octanol–water partition coefficient (Wildman–Crippen LogP) is 3.46. The summed E-state index contributed by atoms with van der Waals surface area (Å²) >= 11 is 0. The SMILES string of the molecule is CC(=O)c1ccccc1.CC(F)(F)F. The Hall–Kier alpha value is -1.32. The third-order valence-corrected chi connectivity index (χ3v) is 1.18. The monoisotopic (exact) mass is 204 g/mol. The summed E-state index contributed by atoms with van der Waals surface area (Å²) < 4.78 is 31.1.